The lowest BCUT2D eigenvalue weighted by atomic mass is 10.0. The van der Waals surface area contributed by atoms with E-state index < -0.39 is 0 Å². The molecule has 0 fully saturated rings. The van der Waals surface area contributed by atoms with Gasteiger partial charge in [0.15, 0.2) is 0 Å². The number of hydrogen-bond donors (Lipinski definition) is 3. The maximum atomic E-state index is 12.0. The summed E-state index contributed by atoms with van der Waals surface area (Å²) in [6, 6.07) is 5.77. The largest absolute Gasteiger partial charge is 0.385 e. The van der Waals surface area contributed by atoms with Gasteiger partial charge in [0.1, 0.15) is 0 Å². The number of aromatic nitrogens is 2. The van der Waals surface area contributed by atoms with E-state index in [-0.39, 0.29) is 5.91 Å². The van der Waals surface area contributed by atoms with Gasteiger partial charge in [-0.25, -0.2) is 0 Å². The van der Waals surface area contributed by atoms with E-state index in [1.165, 1.54) is 5.56 Å². The van der Waals surface area contributed by atoms with Crippen LogP contribution in [0.2, 0.25) is 0 Å². The Kier molecular flexibility index (Phi) is 2.72. The number of hydrogen-bond acceptors (Lipinski definition) is 3. The van der Waals surface area contributed by atoms with Crippen LogP contribution in [0.3, 0.4) is 0 Å². The molecule has 2 heterocycles. The fourth-order valence-corrected chi connectivity index (χ4v) is 2.14. The summed E-state index contributed by atoms with van der Waals surface area (Å²) in [6.45, 7) is 1.01. The molecule has 0 radical (unpaired) electrons. The highest BCUT2D eigenvalue weighted by molar-refractivity contribution is 6.04. The summed E-state index contributed by atoms with van der Waals surface area (Å²) in [5.74, 6) is -0.107. The van der Waals surface area contributed by atoms with Crippen molar-refractivity contribution < 1.29 is 4.79 Å². The van der Waals surface area contributed by atoms with E-state index >= 15 is 0 Å². The fraction of sp³-hybridized carbons (Fsp3) is 0.231. The summed E-state index contributed by atoms with van der Waals surface area (Å²) in [5, 5.41) is 12.6. The number of anilines is 2. The van der Waals surface area contributed by atoms with Crippen LogP contribution in [0, 0.1) is 0 Å². The maximum Gasteiger partial charge on any atom is 0.255 e. The molecular weight excluding hydrogens is 228 g/mol. The molecule has 0 atom stereocenters. The lowest BCUT2D eigenvalue weighted by Crippen LogP contribution is -2.15. The predicted molar refractivity (Wildman–Crippen MR) is 69.8 cm³/mol. The highest BCUT2D eigenvalue weighted by Gasteiger charge is 2.12. The molecule has 5 heteroatoms. The standard InChI is InChI=1S/C13H14N4O/c18-13(17-11-7-15-16-8-11)10-3-4-12-9(6-10)2-1-5-14-12/h3-4,6-8,14H,1-2,5H2,(H,15,16)(H,17,18). The van der Waals surface area contributed by atoms with Gasteiger partial charge in [0.25, 0.3) is 5.91 Å². The SMILES string of the molecule is O=C(Nc1cn[nH]c1)c1ccc2c(c1)CCCN2. The number of fused-ring (bicyclic) bond motifs is 1. The number of carbonyl (C=O) groups is 1. The number of aromatic amines is 1. The Labute approximate surface area is 105 Å². The van der Waals surface area contributed by atoms with Crippen LogP contribution >= 0.6 is 0 Å². The monoisotopic (exact) mass is 242 g/mol. The minimum atomic E-state index is -0.107. The van der Waals surface area contributed by atoms with Crippen molar-refractivity contribution in [3.8, 4) is 0 Å². The van der Waals surface area contributed by atoms with Gasteiger partial charge >= 0.3 is 0 Å². The van der Waals surface area contributed by atoms with Gasteiger partial charge in [-0.1, -0.05) is 0 Å². The average molecular weight is 242 g/mol. The van der Waals surface area contributed by atoms with Crippen molar-refractivity contribution >= 4 is 17.3 Å². The van der Waals surface area contributed by atoms with Crippen LogP contribution in [0.1, 0.15) is 22.3 Å². The third kappa shape index (κ3) is 2.07. The number of amides is 1. The van der Waals surface area contributed by atoms with Gasteiger partial charge < -0.3 is 10.6 Å². The average Bonchev–Trinajstić information content (AvgIpc) is 2.91. The molecule has 2 aromatic rings. The molecule has 18 heavy (non-hydrogen) atoms. The van der Waals surface area contributed by atoms with Gasteiger partial charge in [-0.05, 0) is 36.6 Å². The van der Waals surface area contributed by atoms with Crippen molar-refractivity contribution in [2.75, 3.05) is 17.2 Å². The van der Waals surface area contributed by atoms with Gasteiger partial charge in [-0.15, -0.1) is 0 Å². The molecule has 3 rings (SSSR count). The summed E-state index contributed by atoms with van der Waals surface area (Å²) < 4.78 is 0. The smallest absolute Gasteiger partial charge is 0.255 e. The first kappa shape index (κ1) is 10.8. The van der Waals surface area contributed by atoms with Crippen molar-refractivity contribution in [1.82, 2.24) is 10.2 Å². The zero-order valence-corrected chi connectivity index (χ0v) is 9.86. The summed E-state index contributed by atoms with van der Waals surface area (Å²) in [5.41, 5.74) is 3.71. The molecule has 1 aromatic heterocycles. The summed E-state index contributed by atoms with van der Waals surface area (Å²) in [4.78, 5) is 12.0. The number of H-pyrrole nitrogens is 1. The zero-order chi connectivity index (χ0) is 12.4. The first-order chi connectivity index (χ1) is 8.83. The van der Waals surface area contributed by atoms with Gasteiger partial charge in [-0.2, -0.15) is 5.10 Å². The number of aryl methyl sites for hydroxylation is 1. The van der Waals surface area contributed by atoms with E-state index in [0.29, 0.717) is 11.3 Å². The third-order valence-corrected chi connectivity index (χ3v) is 3.06. The van der Waals surface area contributed by atoms with Crippen LogP contribution in [0.15, 0.2) is 30.6 Å². The molecular formula is C13H14N4O. The molecule has 1 amide bonds. The molecule has 92 valence electrons. The topological polar surface area (TPSA) is 69.8 Å². The second-order valence-electron chi connectivity index (χ2n) is 4.34. The number of nitrogens with zero attached hydrogens (tertiary/aromatic N) is 1. The molecule has 1 aromatic carbocycles. The van der Waals surface area contributed by atoms with Crippen LogP contribution in [0.4, 0.5) is 11.4 Å². The minimum absolute atomic E-state index is 0.107. The molecule has 0 spiro atoms. The van der Waals surface area contributed by atoms with E-state index in [1.807, 2.05) is 18.2 Å². The van der Waals surface area contributed by atoms with Crippen LogP contribution in [0.5, 0.6) is 0 Å². The molecule has 1 aliphatic heterocycles. The molecule has 1 aliphatic rings. The summed E-state index contributed by atoms with van der Waals surface area (Å²) in [7, 11) is 0. The van der Waals surface area contributed by atoms with E-state index in [2.05, 4.69) is 20.8 Å². The van der Waals surface area contributed by atoms with Gasteiger partial charge in [0.05, 0.1) is 11.9 Å². The van der Waals surface area contributed by atoms with Crippen LogP contribution in [0.25, 0.3) is 0 Å². The number of rotatable bonds is 2. The Hall–Kier alpha value is -2.30. The van der Waals surface area contributed by atoms with Crippen molar-refractivity contribution in [2.45, 2.75) is 12.8 Å². The quantitative estimate of drug-likeness (QED) is 0.754. The Bertz CT molecular complexity index is 562. The fourth-order valence-electron chi connectivity index (χ4n) is 2.14. The highest BCUT2D eigenvalue weighted by Crippen LogP contribution is 2.23. The lowest BCUT2D eigenvalue weighted by molar-refractivity contribution is 0.102. The Morgan fingerprint density at radius 1 is 1.39 bits per heavy atom. The second kappa shape index (κ2) is 4.52. The minimum Gasteiger partial charge on any atom is -0.385 e. The first-order valence-electron chi connectivity index (χ1n) is 6.00. The van der Waals surface area contributed by atoms with E-state index in [1.54, 1.807) is 12.4 Å². The number of benzene rings is 1. The van der Waals surface area contributed by atoms with Crippen LogP contribution < -0.4 is 10.6 Å². The van der Waals surface area contributed by atoms with Crippen molar-refractivity contribution in [3.63, 3.8) is 0 Å². The predicted octanol–water partition coefficient (Wildman–Crippen LogP) is 2.02. The van der Waals surface area contributed by atoms with Crippen molar-refractivity contribution in [1.29, 1.82) is 0 Å². The van der Waals surface area contributed by atoms with Gasteiger partial charge in [0.2, 0.25) is 0 Å². The van der Waals surface area contributed by atoms with E-state index in [0.717, 1.165) is 25.1 Å². The molecule has 0 unspecified atom stereocenters. The Morgan fingerprint density at radius 3 is 3.17 bits per heavy atom. The Balaban J connectivity index is 1.81. The highest BCUT2D eigenvalue weighted by atomic mass is 16.1. The normalized spacial score (nSPS) is 13.6. The summed E-state index contributed by atoms with van der Waals surface area (Å²) in [6.07, 6.45) is 5.37. The second-order valence-corrected chi connectivity index (χ2v) is 4.34. The van der Waals surface area contributed by atoms with Crippen molar-refractivity contribution in [2.24, 2.45) is 0 Å². The maximum absolute atomic E-state index is 12.0. The van der Waals surface area contributed by atoms with Gasteiger partial charge in [0, 0.05) is 24.0 Å². The number of carbonyl (C=O) groups excluding carboxylic acids is 1. The third-order valence-electron chi connectivity index (χ3n) is 3.06. The number of nitrogens with one attached hydrogen (secondary N) is 3. The first-order valence-corrected chi connectivity index (χ1v) is 6.00. The zero-order valence-electron chi connectivity index (χ0n) is 9.86. The molecule has 0 saturated carbocycles. The van der Waals surface area contributed by atoms with E-state index in [9.17, 15) is 4.79 Å². The Morgan fingerprint density at radius 2 is 2.33 bits per heavy atom. The molecule has 0 saturated heterocycles. The van der Waals surface area contributed by atoms with Crippen LogP contribution in [-0.2, 0) is 6.42 Å². The van der Waals surface area contributed by atoms with Crippen LogP contribution in [-0.4, -0.2) is 22.6 Å². The summed E-state index contributed by atoms with van der Waals surface area (Å²) >= 11 is 0. The molecule has 0 aliphatic carbocycles. The molecule has 5 nitrogen and oxygen atoms in total. The van der Waals surface area contributed by atoms with Gasteiger partial charge in [-0.3, -0.25) is 9.89 Å². The molecule has 3 N–H and O–H groups in total. The van der Waals surface area contributed by atoms with Crippen molar-refractivity contribution in [3.05, 3.63) is 41.7 Å². The lowest BCUT2D eigenvalue weighted by Gasteiger charge is -2.18. The molecule has 0 bridgehead atoms. The van der Waals surface area contributed by atoms with E-state index in [4.69, 9.17) is 0 Å².